The van der Waals surface area contributed by atoms with E-state index in [1.165, 1.54) is 24.3 Å². The van der Waals surface area contributed by atoms with Crippen molar-refractivity contribution >= 4 is 17.8 Å². The smallest absolute Gasteiger partial charge is 0.335 e. The predicted octanol–water partition coefficient (Wildman–Crippen LogP) is 0.981. The fourth-order valence-electron chi connectivity index (χ4n) is 2.50. The minimum Gasteiger partial charge on any atom is -0.478 e. The molecule has 1 atom stereocenters. The van der Waals surface area contributed by atoms with Gasteiger partial charge in [0.15, 0.2) is 0 Å². The molecule has 2 rings (SSSR count). The topological polar surface area (TPSA) is 86.7 Å². The van der Waals surface area contributed by atoms with Gasteiger partial charge in [0, 0.05) is 18.7 Å². The van der Waals surface area contributed by atoms with Gasteiger partial charge < -0.3 is 15.3 Å². The number of rotatable bonds is 3. The molecular weight excluding hydrogens is 272 g/mol. The zero-order chi connectivity index (χ0) is 15.6. The van der Waals surface area contributed by atoms with E-state index in [0.717, 1.165) is 0 Å². The minimum atomic E-state index is -1.04. The van der Waals surface area contributed by atoms with E-state index in [0.29, 0.717) is 18.7 Å². The second-order valence-corrected chi connectivity index (χ2v) is 5.36. The van der Waals surface area contributed by atoms with Crippen LogP contribution in [0, 0.1) is 5.92 Å². The normalized spacial score (nSPS) is 18.5. The van der Waals surface area contributed by atoms with Gasteiger partial charge in [-0.2, -0.15) is 0 Å². The Hall–Kier alpha value is -2.37. The molecule has 6 nitrogen and oxygen atoms in total. The molecule has 1 aromatic rings. The molecule has 112 valence electrons. The lowest BCUT2D eigenvalue weighted by molar-refractivity contribution is -0.129. The van der Waals surface area contributed by atoms with E-state index < -0.39 is 12.0 Å². The van der Waals surface area contributed by atoms with E-state index in [1.807, 2.05) is 13.8 Å². The highest BCUT2D eigenvalue weighted by atomic mass is 16.4. The zero-order valence-electron chi connectivity index (χ0n) is 12.0. The number of nitrogens with zero attached hydrogens (tertiary/aromatic N) is 1. The fraction of sp³-hybridized carbons (Fsp3) is 0.400. The second-order valence-electron chi connectivity index (χ2n) is 5.36. The molecule has 1 heterocycles. The number of nitrogens with one attached hydrogen (secondary N) is 1. The molecule has 0 unspecified atom stereocenters. The fourth-order valence-corrected chi connectivity index (χ4v) is 2.50. The third kappa shape index (κ3) is 3.04. The summed E-state index contributed by atoms with van der Waals surface area (Å²) < 4.78 is 0. The molecule has 0 bridgehead atoms. The van der Waals surface area contributed by atoms with Crippen molar-refractivity contribution in [1.29, 1.82) is 0 Å². The highest BCUT2D eigenvalue weighted by Crippen LogP contribution is 2.18. The summed E-state index contributed by atoms with van der Waals surface area (Å²) in [7, 11) is 0. The second kappa shape index (κ2) is 5.95. The molecule has 0 saturated carbocycles. The summed E-state index contributed by atoms with van der Waals surface area (Å²) in [6, 6.07) is 5.25. The Morgan fingerprint density at radius 2 is 1.81 bits per heavy atom. The quantitative estimate of drug-likeness (QED) is 0.869. The van der Waals surface area contributed by atoms with Gasteiger partial charge in [0.25, 0.3) is 5.91 Å². The lowest BCUT2D eigenvalue weighted by atomic mass is 9.98. The number of carbonyl (C=O) groups excluding carboxylic acids is 2. The Kier molecular flexibility index (Phi) is 4.26. The number of hydrogen-bond acceptors (Lipinski definition) is 3. The first-order valence-corrected chi connectivity index (χ1v) is 6.84. The molecule has 21 heavy (non-hydrogen) atoms. The number of benzene rings is 1. The minimum absolute atomic E-state index is 0.00698. The molecule has 1 aliphatic heterocycles. The number of amides is 2. The molecule has 1 fully saturated rings. The number of hydrogen-bond donors (Lipinski definition) is 2. The van der Waals surface area contributed by atoms with Gasteiger partial charge in [-0.15, -0.1) is 0 Å². The lowest BCUT2D eigenvalue weighted by Gasteiger charge is -2.37. The number of aromatic carboxylic acids is 1. The Bertz CT molecular complexity index is 566. The summed E-state index contributed by atoms with van der Waals surface area (Å²) in [5, 5.41) is 11.6. The Labute approximate surface area is 122 Å². The van der Waals surface area contributed by atoms with E-state index in [2.05, 4.69) is 5.32 Å². The van der Waals surface area contributed by atoms with Crippen molar-refractivity contribution in [3.63, 3.8) is 0 Å². The Balaban J connectivity index is 2.24. The summed E-state index contributed by atoms with van der Waals surface area (Å²) in [5.74, 6) is -1.42. The zero-order valence-corrected chi connectivity index (χ0v) is 12.0. The van der Waals surface area contributed by atoms with Gasteiger partial charge in [-0.25, -0.2) is 4.79 Å². The van der Waals surface area contributed by atoms with Gasteiger partial charge in [-0.3, -0.25) is 9.59 Å². The third-order valence-corrected chi connectivity index (χ3v) is 3.53. The highest BCUT2D eigenvalue weighted by molar-refractivity contribution is 5.99. The molecule has 0 spiro atoms. The molecule has 0 radical (unpaired) electrons. The van der Waals surface area contributed by atoms with Crippen molar-refractivity contribution in [3.05, 3.63) is 35.4 Å². The highest BCUT2D eigenvalue weighted by Gasteiger charge is 2.35. The van der Waals surface area contributed by atoms with Gasteiger partial charge >= 0.3 is 5.97 Å². The van der Waals surface area contributed by atoms with Gasteiger partial charge in [0.1, 0.15) is 6.04 Å². The first-order valence-electron chi connectivity index (χ1n) is 6.84. The van der Waals surface area contributed by atoms with Crippen LogP contribution in [0.4, 0.5) is 0 Å². The number of carboxylic acid groups (broad SMARTS) is 1. The van der Waals surface area contributed by atoms with E-state index in [1.54, 1.807) is 4.90 Å². The van der Waals surface area contributed by atoms with Crippen molar-refractivity contribution in [3.8, 4) is 0 Å². The van der Waals surface area contributed by atoms with Crippen LogP contribution in [0.2, 0.25) is 0 Å². The maximum atomic E-state index is 12.5. The van der Waals surface area contributed by atoms with Crippen LogP contribution in [0.25, 0.3) is 0 Å². The average Bonchev–Trinajstić information content (AvgIpc) is 2.46. The van der Waals surface area contributed by atoms with E-state index in [9.17, 15) is 14.4 Å². The van der Waals surface area contributed by atoms with Gasteiger partial charge in [0.2, 0.25) is 5.91 Å². The third-order valence-electron chi connectivity index (χ3n) is 3.53. The maximum Gasteiger partial charge on any atom is 0.335 e. The summed E-state index contributed by atoms with van der Waals surface area (Å²) >= 11 is 0. The van der Waals surface area contributed by atoms with Crippen LogP contribution >= 0.6 is 0 Å². The van der Waals surface area contributed by atoms with Crippen LogP contribution in [0.3, 0.4) is 0 Å². The van der Waals surface area contributed by atoms with Gasteiger partial charge in [-0.1, -0.05) is 13.8 Å². The van der Waals surface area contributed by atoms with E-state index in [4.69, 9.17) is 5.11 Å². The molecule has 1 aliphatic rings. The van der Waals surface area contributed by atoms with Crippen LogP contribution < -0.4 is 5.32 Å². The summed E-state index contributed by atoms with van der Waals surface area (Å²) in [5.41, 5.74) is 0.517. The summed E-state index contributed by atoms with van der Waals surface area (Å²) in [6.45, 7) is 4.67. The van der Waals surface area contributed by atoms with Crippen molar-refractivity contribution in [2.45, 2.75) is 19.9 Å². The SMILES string of the molecule is CC(C)[C@@H]1C(=O)NCCN1C(=O)c1ccc(C(=O)O)cc1. The molecular formula is C15H18N2O4. The van der Waals surface area contributed by atoms with Crippen LogP contribution in [0.1, 0.15) is 34.6 Å². The first kappa shape index (κ1) is 15.0. The van der Waals surface area contributed by atoms with Crippen molar-refractivity contribution in [2.75, 3.05) is 13.1 Å². The largest absolute Gasteiger partial charge is 0.478 e. The lowest BCUT2D eigenvalue weighted by Crippen LogP contribution is -2.59. The van der Waals surface area contributed by atoms with E-state index in [-0.39, 0.29) is 23.3 Å². The van der Waals surface area contributed by atoms with Crippen LogP contribution in [0.15, 0.2) is 24.3 Å². The van der Waals surface area contributed by atoms with Crippen LogP contribution in [0.5, 0.6) is 0 Å². The summed E-state index contributed by atoms with van der Waals surface area (Å²) in [6.07, 6.45) is 0. The van der Waals surface area contributed by atoms with Crippen LogP contribution in [-0.4, -0.2) is 46.9 Å². The Morgan fingerprint density at radius 3 is 2.33 bits per heavy atom. The molecule has 2 amide bonds. The first-order chi connectivity index (χ1) is 9.91. The van der Waals surface area contributed by atoms with Gasteiger partial charge in [0.05, 0.1) is 5.56 Å². The predicted molar refractivity (Wildman–Crippen MR) is 76.1 cm³/mol. The molecule has 1 aromatic carbocycles. The number of carbonyl (C=O) groups is 3. The van der Waals surface area contributed by atoms with Crippen LogP contribution in [-0.2, 0) is 4.79 Å². The molecule has 6 heteroatoms. The van der Waals surface area contributed by atoms with Gasteiger partial charge in [-0.05, 0) is 30.2 Å². The monoisotopic (exact) mass is 290 g/mol. The summed E-state index contributed by atoms with van der Waals surface area (Å²) in [4.78, 5) is 36.9. The van der Waals surface area contributed by atoms with Crippen molar-refractivity contribution in [2.24, 2.45) is 5.92 Å². The molecule has 2 N–H and O–H groups in total. The molecule has 1 saturated heterocycles. The van der Waals surface area contributed by atoms with E-state index >= 15 is 0 Å². The maximum absolute atomic E-state index is 12.5. The molecule has 0 aromatic heterocycles. The van der Waals surface area contributed by atoms with Crippen molar-refractivity contribution < 1.29 is 19.5 Å². The molecule has 0 aliphatic carbocycles. The standard InChI is InChI=1S/C15H18N2O4/c1-9(2)12-13(18)16-7-8-17(12)14(19)10-3-5-11(6-4-10)15(20)21/h3-6,9,12H,7-8H2,1-2H3,(H,16,18)(H,20,21)/t12-/m1/s1. The Morgan fingerprint density at radius 1 is 1.24 bits per heavy atom. The van der Waals surface area contributed by atoms with Crippen molar-refractivity contribution in [1.82, 2.24) is 10.2 Å². The number of carboxylic acids is 1. The number of piperazine rings is 1. The average molecular weight is 290 g/mol.